The van der Waals surface area contributed by atoms with Gasteiger partial charge in [0.2, 0.25) is 0 Å². The third-order valence-electron chi connectivity index (χ3n) is 3.72. The third-order valence-corrected chi connectivity index (χ3v) is 3.72. The topological polar surface area (TPSA) is 100 Å². The summed E-state index contributed by atoms with van der Waals surface area (Å²) >= 11 is 0. The average Bonchev–Trinajstić information content (AvgIpc) is 3.29. The second kappa shape index (κ2) is 8.33. The van der Waals surface area contributed by atoms with E-state index in [9.17, 15) is 14.0 Å². The molecule has 0 aliphatic carbocycles. The third kappa shape index (κ3) is 4.34. The monoisotopic (exact) mass is 387 g/mol. The number of amides is 1. The van der Waals surface area contributed by atoms with Crippen molar-refractivity contribution in [1.82, 2.24) is 19.6 Å². The molecule has 10 heteroatoms. The van der Waals surface area contributed by atoms with Gasteiger partial charge in [-0.2, -0.15) is 10.2 Å². The van der Waals surface area contributed by atoms with E-state index < -0.39 is 11.9 Å². The van der Waals surface area contributed by atoms with Gasteiger partial charge in [0, 0.05) is 13.2 Å². The van der Waals surface area contributed by atoms with Crippen molar-refractivity contribution in [3.8, 4) is 5.75 Å². The van der Waals surface area contributed by atoms with Crippen LogP contribution in [0.25, 0.3) is 0 Å². The van der Waals surface area contributed by atoms with Crippen molar-refractivity contribution >= 4 is 17.7 Å². The van der Waals surface area contributed by atoms with Gasteiger partial charge in [-0.3, -0.25) is 9.48 Å². The molecular weight excluding hydrogens is 369 g/mol. The number of carbonyl (C=O) groups is 2. The zero-order chi connectivity index (χ0) is 20.1. The Labute approximate surface area is 159 Å². The Morgan fingerprint density at radius 1 is 1.21 bits per heavy atom. The van der Waals surface area contributed by atoms with Gasteiger partial charge in [0.15, 0.2) is 12.4 Å². The van der Waals surface area contributed by atoms with Crippen LogP contribution in [0.1, 0.15) is 27.8 Å². The van der Waals surface area contributed by atoms with Gasteiger partial charge in [0.1, 0.15) is 22.9 Å². The fourth-order valence-electron chi connectivity index (χ4n) is 2.34. The van der Waals surface area contributed by atoms with Crippen LogP contribution in [0.5, 0.6) is 5.75 Å². The maximum atomic E-state index is 12.9. The second-order valence-corrected chi connectivity index (χ2v) is 5.67. The summed E-state index contributed by atoms with van der Waals surface area (Å²) in [5.41, 5.74) is 0.274. The first-order valence-electron chi connectivity index (χ1n) is 8.40. The highest BCUT2D eigenvalue weighted by Crippen LogP contribution is 2.16. The van der Waals surface area contributed by atoms with Gasteiger partial charge in [0.05, 0.1) is 12.8 Å². The fraction of sp³-hybridized carbons (Fsp3) is 0.222. The van der Waals surface area contributed by atoms with Crippen molar-refractivity contribution in [3.63, 3.8) is 0 Å². The minimum absolute atomic E-state index is 0.0404. The number of hydrogen-bond acceptors (Lipinski definition) is 6. The Morgan fingerprint density at radius 2 is 1.96 bits per heavy atom. The van der Waals surface area contributed by atoms with Crippen molar-refractivity contribution in [2.75, 3.05) is 11.9 Å². The highest BCUT2D eigenvalue weighted by molar-refractivity contribution is 6.06. The molecule has 3 rings (SSSR count). The number of esters is 1. The highest BCUT2D eigenvalue weighted by Gasteiger charge is 2.20. The molecule has 0 aliphatic heterocycles. The minimum atomic E-state index is -0.580. The molecule has 0 aliphatic rings. The molecule has 0 saturated carbocycles. The van der Waals surface area contributed by atoms with Gasteiger partial charge < -0.3 is 14.8 Å². The van der Waals surface area contributed by atoms with E-state index in [1.54, 1.807) is 20.2 Å². The zero-order valence-corrected chi connectivity index (χ0v) is 15.3. The predicted molar refractivity (Wildman–Crippen MR) is 96.4 cm³/mol. The molecule has 2 heterocycles. The predicted octanol–water partition coefficient (Wildman–Crippen LogP) is 2.22. The van der Waals surface area contributed by atoms with Gasteiger partial charge in [-0.15, -0.1) is 0 Å². The molecule has 0 spiro atoms. The summed E-state index contributed by atoms with van der Waals surface area (Å²) in [6.07, 6.45) is 2.89. The highest BCUT2D eigenvalue weighted by atomic mass is 19.1. The van der Waals surface area contributed by atoms with Crippen LogP contribution in [0, 0.1) is 5.82 Å². The number of nitrogens with one attached hydrogen (secondary N) is 1. The zero-order valence-electron chi connectivity index (χ0n) is 15.3. The SMILES string of the molecule is CCOC(=O)c1cnn(C)c1NC(=O)c1ccn(COc2ccc(F)cc2)n1. The molecule has 0 fully saturated rings. The molecule has 0 bridgehead atoms. The molecule has 28 heavy (non-hydrogen) atoms. The van der Waals surface area contributed by atoms with Crippen LogP contribution in [-0.4, -0.2) is 38.0 Å². The number of anilines is 1. The average molecular weight is 387 g/mol. The van der Waals surface area contributed by atoms with Crippen molar-refractivity contribution in [3.05, 3.63) is 59.8 Å². The fourth-order valence-corrected chi connectivity index (χ4v) is 2.34. The van der Waals surface area contributed by atoms with Gasteiger partial charge in [-0.1, -0.05) is 0 Å². The number of halogens is 1. The van der Waals surface area contributed by atoms with Gasteiger partial charge in [-0.05, 0) is 37.3 Å². The minimum Gasteiger partial charge on any atom is -0.471 e. The Balaban J connectivity index is 1.65. The lowest BCUT2D eigenvalue weighted by molar-refractivity contribution is 0.0527. The van der Waals surface area contributed by atoms with Crippen LogP contribution < -0.4 is 10.1 Å². The molecule has 2 aromatic heterocycles. The number of benzene rings is 1. The van der Waals surface area contributed by atoms with Gasteiger partial charge in [-0.25, -0.2) is 13.9 Å². The van der Waals surface area contributed by atoms with E-state index in [0.717, 1.165) is 0 Å². The number of ether oxygens (including phenoxy) is 2. The molecule has 146 valence electrons. The summed E-state index contributed by atoms with van der Waals surface area (Å²) in [6, 6.07) is 7.06. The number of aryl methyl sites for hydroxylation is 1. The van der Waals surface area contributed by atoms with Gasteiger partial charge >= 0.3 is 5.97 Å². The van der Waals surface area contributed by atoms with E-state index in [-0.39, 0.29) is 36.2 Å². The Bertz CT molecular complexity index is 980. The molecule has 0 saturated heterocycles. The lowest BCUT2D eigenvalue weighted by Crippen LogP contribution is -2.18. The number of hydrogen-bond donors (Lipinski definition) is 1. The maximum Gasteiger partial charge on any atom is 0.343 e. The van der Waals surface area contributed by atoms with E-state index in [2.05, 4.69) is 15.5 Å². The molecule has 9 nitrogen and oxygen atoms in total. The smallest absolute Gasteiger partial charge is 0.343 e. The molecule has 0 unspecified atom stereocenters. The summed E-state index contributed by atoms with van der Waals surface area (Å²) in [6.45, 7) is 1.94. The van der Waals surface area contributed by atoms with Crippen LogP contribution in [-0.2, 0) is 18.5 Å². The normalized spacial score (nSPS) is 10.5. The number of rotatable bonds is 7. The van der Waals surface area contributed by atoms with Crippen LogP contribution in [0.2, 0.25) is 0 Å². The largest absolute Gasteiger partial charge is 0.471 e. The first-order valence-corrected chi connectivity index (χ1v) is 8.40. The lowest BCUT2D eigenvalue weighted by Gasteiger charge is -2.07. The van der Waals surface area contributed by atoms with E-state index >= 15 is 0 Å². The summed E-state index contributed by atoms with van der Waals surface area (Å²) in [5.74, 6) is -0.779. The Hall–Kier alpha value is -3.69. The number of carbonyl (C=O) groups excluding carboxylic acids is 2. The molecular formula is C18H18FN5O4. The van der Waals surface area contributed by atoms with Gasteiger partial charge in [0.25, 0.3) is 5.91 Å². The summed E-state index contributed by atoms with van der Waals surface area (Å²) in [5, 5.41) is 10.7. The summed E-state index contributed by atoms with van der Waals surface area (Å²) < 4.78 is 26.1. The summed E-state index contributed by atoms with van der Waals surface area (Å²) in [7, 11) is 1.59. The van der Waals surface area contributed by atoms with E-state index in [1.807, 2.05) is 0 Å². The molecule has 3 aromatic rings. The molecule has 1 amide bonds. The van der Waals surface area contributed by atoms with Crippen LogP contribution >= 0.6 is 0 Å². The quantitative estimate of drug-likeness (QED) is 0.624. The van der Waals surface area contributed by atoms with E-state index in [0.29, 0.717) is 5.75 Å². The van der Waals surface area contributed by atoms with Crippen LogP contribution in [0.3, 0.4) is 0 Å². The Morgan fingerprint density at radius 3 is 2.68 bits per heavy atom. The van der Waals surface area contributed by atoms with Crippen molar-refractivity contribution < 1.29 is 23.5 Å². The second-order valence-electron chi connectivity index (χ2n) is 5.67. The van der Waals surface area contributed by atoms with Crippen LogP contribution in [0.4, 0.5) is 10.2 Å². The Kier molecular flexibility index (Phi) is 5.68. The maximum absolute atomic E-state index is 12.9. The van der Waals surface area contributed by atoms with E-state index in [4.69, 9.17) is 9.47 Å². The van der Waals surface area contributed by atoms with E-state index in [1.165, 1.54) is 45.9 Å². The van der Waals surface area contributed by atoms with Crippen LogP contribution in [0.15, 0.2) is 42.7 Å². The standard InChI is InChI=1S/C18H18FN5O4/c1-3-27-18(26)14-10-20-23(2)16(14)21-17(25)15-8-9-24(22-15)11-28-13-6-4-12(19)5-7-13/h4-10H,3,11H2,1-2H3,(H,21,25). The first kappa shape index (κ1) is 19.1. The molecule has 1 aromatic carbocycles. The number of aromatic nitrogens is 4. The number of nitrogens with zero attached hydrogens (tertiary/aromatic N) is 4. The van der Waals surface area contributed by atoms with Crippen molar-refractivity contribution in [1.29, 1.82) is 0 Å². The first-order chi connectivity index (χ1) is 13.5. The summed E-state index contributed by atoms with van der Waals surface area (Å²) in [4.78, 5) is 24.4. The molecule has 0 radical (unpaired) electrons. The molecule has 1 N–H and O–H groups in total. The van der Waals surface area contributed by atoms with Crippen molar-refractivity contribution in [2.45, 2.75) is 13.7 Å². The molecule has 0 atom stereocenters. The van der Waals surface area contributed by atoms with Crippen molar-refractivity contribution in [2.24, 2.45) is 7.05 Å². The lowest BCUT2D eigenvalue weighted by atomic mass is 10.3.